The minimum atomic E-state index is -0.313. The highest BCUT2D eigenvalue weighted by molar-refractivity contribution is 5.93. The molecule has 1 aromatic heterocycles. The van der Waals surface area contributed by atoms with Crippen molar-refractivity contribution in [1.29, 1.82) is 0 Å². The number of fused-ring (bicyclic) bond motifs is 1. The Hall–Kier alpha value is -2.99. The fraction of sp³-hybridized carbons (Fsp3) is 0.273. The zero-order valence-corrected chi connectivity index (χ0v) is 15.8. The number of nitrogens with one attached hydrogen (secondary N) is 1. The normalized spacial score (nSPS) is 15.1. The summed E-state index contributed by atoms with van der Waals surface area (Å²) in [4.78, 5) is 19.2. The van der Waals surface area contributed by atoms with Gasteiger partial charge in [-0.15, -0.1) is 0 Å². The molecule has 1 amide bonds. The van der Waals surface area contributed by atoms with E-state index in [-0.39, 0.29) is 17.8 Å². The summed E-state index contributed by atoms with van der Waals surface area (Å²) < 4.78 is 14.8. The van der Waals surface area contributed by atoms with Crippen molar-refractivity contribution in [3.05, 3.63) is 83.7 Å². The van der Waals surface area contributed by atoms with Gasteiger partial charge in [0.05, 0.1) is 12.5 Å². The molecule has 3 aromatic rings. The number of amides is 1. The van der Waals surface area contributed by atoms with E-state index in [2.05, 4.69) is 46.4 Å². The second-order valence-electron chi connectivity index (χ2n) is 7.17. The summed E-state index contributed by atoms with van der Waals surface area (Å²) in [6.45, 7) is 4.57. The average Bonchev–Trinajstić information content (AvgIpc) is 3.22. The Kier molecular flexibility index (Phi) is 5.21. The molecule has 1 aliphatic rings. The van der Waals surface area contributed by atoms with Gasteiger partial charge in [0.25, 0.3) is 5.91 Å². The van der Waals surface area contributed by atoms with Crippen molar-refractivity contribution in [2.24, 2.45) is 0 Å². The number of nitrogens with zero attached hydrogens (tertiary/aromatic N) is 3. The van der Waals surface area contributed by atoms with Crippen LogP contribution in [0.2, 0.25) is 0 Å². The first-order chi connectivity index (χ1) is 13.6. The summed E-state index contributed by atoms with van der Waals surface area (Å²) >= 11 is 0. The Morgan fingerprint density at radius 3 is 2.71 bits per heavy atom. The van der Waals surface area contributed by atoms with Crippen LogP contribution in [0.15, 0.2) is 61.1 Å². The second kappa shape index (κ2) is 7.94. The number of aromatic nitrogens is 2. The largest absolute Gasteiger partial charge is 0.349 e. The van der Waals surface area contributed by atoms with Crippen molar-refractivity contribution in [1.82, 2.24) is 19.8 Å². The topological polar surface area (TPSA) is 50.2 Å². The maximum atomic E-state index is 13.2. The fourth-order valence-electron chi connectivity index (χ4n) is 3.62. The molecule has 1 N–H and O–H groups in total. The number of hydrogen-bond donors (Lipinski definition) is 1. The SMILES string of the molecule is CC(CNC(=O)c1cncn1-c1ccc(F)cc1)N1CCc2ccccc2C1. The molecule has 0 aliphatic carbocycles. The van der Waals surface area contributed by atoms with Crippen molar-refractivity contribution in [2.45, 2.75) is 25.9 Å². The lowest BCUT2D eigenvalue weighted by atomic mass is 9.99. The summed E-state index contributed by atoms with van der Waals surface area (Å²) in [5, 5.41) is 3.01. The summed E-state index contributed by atoms with van der Waals surface area (Å²) in [6, 6.07) is 14.7. The molecule has 28 heavy (non-hydrogen) atoms. The molecule has 0 bridgehead atoms. The first-order valence-corrected chi connectivity index (χ1v) is 9.49. The predicted molar refractivity (Wildman–Crippen MR) is 106 cm³/mol. The van der Waals surface area contributed by atoms with Gasteiger partial charge in [0.2, 0.25) is 0 Å². The highest BCUT2D eigenvalue weighted by atomic mass is 19.1. The van der Waals surface area contributed by atoms with Gasteiger partial charge in [-0.1, -0.05) is 24.3 Å². The van der Waals surface area contributed by atoms with Gasteiger partial charge >= 0.3 is 0 Å². The van der Waals surface area contributed by atoms with Gasteiger partial charge in [-0.3, -0.25) is 14.3 Å². The molecule has 1 atom stereocenters. The second-order valence-corrected chi connectivity index (χ2v) is 7.17. The van der Waals surface area contributed by atoms with Crippen molar-refractivity contribution in [3.63, 3.8) is 0 Å². The third-order valence-electron chi connectivity index (χ3n) is 5.32. The molecular weight excluding hydrogens is 355 g/mol. The highest BCUT2D eigenvalue weighted by Gasteiger charge is 2.21. The van der Waals surface area contributed by atoms with E-state index >= 15 is 0 Å². The van der Waals surface area contributed by atoms with E-state index in [1.807, 2.05) is 0 Å². The Balaban J connectivity index is 1.39. The van der Waals surface area contributed by atoms with Crippen LogP contribution in [0.3, 0.4) is 0 Å². The first kappa shape index (κ1) is 18.4. The van der Waals surface area contributed by atoms with Gasteiger partial charge in [-0.05, 0) is 48.7 Å². The van der Waals surface area contributed by atoms with E-state index in [4.69, 9.17) is 0 Å². The lowest BCUT2D eigenvalue weighted by Gasteiger charge is -2.33. The molecule has 0 fully saturated rings. The summed E-state index contributed by atoms with van der Waals surface area (Å²) in [7, 11) is 0. The fourth-order valence-corrected chi connectivity index (χ4v) is 3.62. The number of hydrogen-bond acceptors (Lipinski definition) is 3. The Bertz CT molecular complexity index is 967. The molecule has 144 valence electrons. The number of carbonyl (C=O) groups is 1. The Morgan fingerprint density at radius 1 is 1.18 bits per heavy atom. The van der Waals surface area contributed by atoms with Gasteiger partial charge in [-0.25, -0.2) is 9.37 Å². The average molecular weight is 378 g/mol. The van der Waals surface area contributed by atoms with Gasteiger partial charge in [-0.2, -0.15) is 0 Å². The van der Waals surface area contributed by atoms with E-state index in [0.29, 0.717) is 17.9 Å². The number of benzene rings is 2. The molecule has 0 spiro atoms. The molecule has 6 heteroatoms. The summed E-state index contributed by atoms with van der Waals surface area (Å²) in [5.41, 5.74) is 3.91. The third-order valence-corrected chi connectivity index (χ3v) is 5.32. The van der Waals surface area contributed by atoms with E-state index in [1.165, 1.54) is 29.5 Å². The van der Waals surface area contributed by atoms with Crippen LogP contribution in [-0.2, 0) is 13.0 Å². The van der Waals surface area contributed by atoms with Crippen LogP contribution < -0.4 is 5.32 Å². The summed E-state index contributed by atoms with van der Waals surface area (Å²) in [6.07, 6.45) is 4.12. The minimum Gasteiger partial charge on any atom is -0.349 e. The minimum absolute atomic E-state index is 0.189. The van der Waals surface area contributed by atoms with Gasteiger partial charge in [0, 0.05) is 31.4 Å². The lowest BCUT2D eigenvalue weighted by Crippen LogP contribution is -2.44. The smallest absolute Gasteiger partial charge is 0.269 e. The van der Waals surface area contributed by atoms with E-state index in [9.17, 15) is 9.18 Å². The van der Waals surface area contributed by atoms with Crippen LogP contribution in [0.25, 0.3) is 5.69 Å². The van der Waals surface area contributed by atoms with Crippen LogP contribution in [0, 0.1) is 5.82 Å². The van der Waals surface area contributed by atoms with Gasteiger partial charge in [0.15, 0.2) is 0 Å². The molecule has 4 rings (SSSR count). The van der Waals surface area contributed by atoms with Crippen LogP contribution in [0.4, 0.5) is 4.39 Å². The van der Waals surface area contributed by atoms with Crippen molar-refractivity contribution in [2.75, 3.05) is 13.1 Å². The predicted octanol–water partition coefficient (Wildman–Crippen LogP) is 3.19. The molecule has 0 radical (unpaired) electrons. The van der Waals surface area contributed by atoms with Crippen LogP contribution in [-0.4, -0.2) is 39.5 Å². The van der Waals surface area contributed by atoms with Crippen LogP contribution in [0.5, 0.6) is 0 Å². The highest BCUT2D eigenvalue weighted by Crippen LogP contribution is 2.20. The molecule has 0 saturated carbocycles. The third kappa shape index (κ3) is 3.82. The van der Waals surface area contributed by atoms with Crippen LogP contribution in [0.1, 0.15) is 28.5 Å². The Morgan fingerprint density at radius 2 is 1.93 bits per heavy atom. The summed E-state index contributed by atoms with van der Waals surface area (Å²) in [5.74, 6) is -0.502. The maximum absolute atomic E-state index is 13.2. The molecular formula is C22H23FN4O. The zero-order chi connectivity index (χ0) is 19.5. The molecule has 0 saturated heterocycles. The molecule has 1 unspecified atom stereocenters. The number of rotatable bonds is 5. The number of halogens is 1. The zero-order valence-electron chi connectivity index (χ0n) is 15.8. The van der Waals surface area contributed by atoms with Crippen molar-refractivity contribution < 1.29 is 9.18 Å². The molecule has 5 nitrogen and oxygen atoms in total. The van der Waals surface area contributed by atoms with Gasteiger partial charge < -0.3 is 5.32 Å². The van der Waals surface area contributed by atoms with Crippen molar-refractivity contribution in [3.8, 4) is 5.69 Å². The first-order valence-electron chi connectivity index (χ1n) is 9.49. The van der Waals surface area contributed by atoms with E-state index in [0.717, 1.165) is 19.5 Å². The standard InChI is InChI=1S/C22H23FN4O/c1-16(26-11-10-17-4-2-3-5-18(17)14-26)12-25-22(28)21-13-24-15-27(21)20-8-6-19(23)7-9-20/h2-9,13,15-16H,10-12,14H2,1H3,(H,25,28). The molecule has 2 aromatic carbocycles. The Labute approximate surface area is 163 Å². The monoisotopic (exact) mass is 378 g/mol. The number of carbonyl (C=O) groups excluding carboxylic acids is 1. The van der Waals surface area contributed by atoms with E-state index < -0.39 is 0 Å². The number of imidazole rings is 1. The van der Waals surface area contributed by atoms with Crippen LogP contribution >= 0.6 is 0 Å². The van der Waals surface area contributed by atoms with Crippen molar-refractivity contribution >= 4 is 5.91 Å². The maximum Gasteiger partial charge on any atom is 0.269 e. The molecule has 2 heterocycles. The quantitative estimate of drug-likeness (QED) is 0.742. The van der Waals surface area contributed by atoms with E-state index in [1.54, 1.807) is 23.0 Å². The molecule has 1 aliphatic heterocycles. The lowest BCUT2D eigenvalue weighted by molar-refractivity contribution is 0.0925. The van der Waals surface area contributed by atoms with Gasteiger partial charge in [0.1, 0.15) is 11.5 Å².